The van der Waals surface area contributed by atoms with Crippen molar-refractivity contribution in [2.45, 2.75) is 33.1 Å². The molecule has 1 N–H and O–H groups in total. The van der Waals surface area contributed by atoms with Crippen molar-refractivity contribution in [3.05, 3.63) is 71.4 Å². The molecule has 0 aliphatic heterocycles. The first kappa shape index (κ1) is 17.0. The van der Waals surface area contributed by atoms with Crippen LogP contribution < -0.4 is 5.32 Å². The van der Waals surface area contributed by atoms with Crippen molar-refractivity contribution in [2.75, 3.05) is 5.32 Å². The van der Waals surface area contributed by atoms with Gasteiger partial charge < -0.3 is 9.84 Å². The predicted molar refractivity (Wildman–Crippen MR) is 99.5 cm³/mol. The molecule has 0 radical (unpaired) electrons. The summed E-state index contributed by atoms with van der Waals surface area (Å²) >= 11 is 0. The summed E-state index contributed by atoms with van der Waals surface area (Å²) in [5, 5.41) is 6.89. The minimum atomic E-state index is -0.110. The second kappa shape index (κ2) is 7.34. The van der Waals surface area contributed by atoms with Crippen LogP contribution in [0.3, 0.4) is 0 Å². The number of anilines is 1. The second-order valence-electron chi connectivity index (χ2n) is 6.55. The van der Waals surface area contributed by atoms with Gasteiger partial charge >= 0.3 is 0 Å². The van der Waals surface area contributed by atoms with Crippen LogP contribution in [0.5, 0.6) is 0 Å². The van der Waals surface area contributed by atoms with Crippen LogP contribution in [0, 0.1) is 6.92 Å². The van der Waals surface area contributed by atoms with Crippen LogP contribution in [-0.2, 0) is 11.2 Å². The number of carbonyl (C=O) groups is 1. The third-order valence-electron chi connectivity index (χ3n) is 4.10. The molecule has 0 bridgehead atoms. The molecular weight excluding hydrogens is 312 g/mol. The minimum Gasteiger partial charge on any atom is -0.356 e. The van der Waals surface area contributed by atoms with Crippen LogP contribution in [0.4, 0.5) is 5.69 Å². The lowest BCUT2D eigenvalue weighted by molar-refractivity contribution is -0.115. The quantitative estimate of drug-likeness (QED) is 0.718. The Labute approximate surface area is 147 Å². The van der Waals surface area contributed by atoms with Gasteiger partial charge in [0.25, 0.3) is 0 Å². The highest BCUT2D eigenvalue weighted by Crippen LogP contribution is 2.21. The highest BCUT2D eigenvalue weighted by Gasteiger charge is 2.11. The summed E-state index contributed by atoms with van der Waals surface area (Å²) < 4.78 is 5.35. The van der Waals surface area contributed by atoms with E-state index in [0.717, 1.165) is 11.3 Å². The van der Waals surface area contributed by atoms with Gasteiger partial charge in [-0.2, -0.15) is 0 Å². The molecule has 1 heterocycles. The van der Waals surface area contributed by atoms with E-state index in [-0.39, 0.29) is 12.3 Å². The molecule has 0 spiro atoms. The number of nitrogens with zero attached hydrogens (tertiary/aromatic N) is 1. The average molecular weight is 334 g/mol. The number of aromatic nitrogens is 1. The van der Waals surface area contributed by atoms with E-state index < -0.39 is 0 Å². The van der Waals surface area contributed by atoms with Gasteiger partial charge in [-0.1, -0.05) is 61.0 Å². The standard InChI is InChI=1S/C21H22N2O2/c1-14(2)16-8-10-18(11-9-16)22-21(24)13-19-12-20(25-23-19)17-6-4-15(3)5-7-17/h4-12,14H,13H2,1-3H3,(H,22,24). The molecule has 0 saturated heterocycles. The van der Waals surface area contributed by atoms with Gasteiger partial charge in [-0.3, -0.25) is 4.79 Å². The number of benzene rings is 2. The Balaban J connectivity index is 1.62. The summed E-state index contributed by atoms with van der Waals surface area (Å²) in [6.45, 7) is 6.32. The lowest BCUT2D eigenvalue weighted by atomic mass is 10.0. The molecule has 3 rings (SSSR count). The summed E-state index contributed by atoms with van der Waals surface area (Å²) in [5.74, 6) is 1.03. The van der Waals surface area contributed by atoms with Crippen molar-refractivity contribution in [3.8, 4) is 11.3 Å². The zero-order chi connectivity index (χ0) is 17.8. The van der Waals surface area contributed by atoms with E-state index in [1.165, 1.54) is 11.1 Å². The van der Waals surface area contributed by atoms with Crippen molar-refractivity contribution < 1.29 is 9.32 Å². The van der Waals surface area contributed by atoms with Gasteiger partial charge in [0.05, 0.1) is 12.1 Å². The van der Waals surface area contributed by atoms with Crippen LogP contribution in [0.2, 0.25) is 0 Å². The summed E-state index contributed by atoms with van der Waals surface area (Å²) in [6, 6.07) is 17.7. The molecular formula is C21H22N2O2. The van der Waals surface area contributed by atoms with Gasteiger partial charge in [-0.05, 0) is 30.5 Å². The van der Waals surface area contributed by atoms with Crippen molar-refractivity contribution in [1.82, 2.24) is 5.16 Å². The van der Waals surface area contributed by atoms with Crippen LogP contribution in [0.25, 0.3) is 11.3 Å². The first-order chi connectivity index (χ1) is 12.0. The number of aryl methyl sites for hydroxylation is 1. The van der Waals surface area contributed by atoms with E-state index in [2.05, 4.69) is 24.3 Å². The van der Waals surface area contributed by atoms with Crippen LogP contribution in [0.15, 0.2) is 59.1 Å². The predicted octanol–water partition coefficient (Wildman–Crippen LogP) is 4.95. The topological polar surface area (TPSA) is 55.1 Å². The highest BCUT2D eigenvalue weighted by molar-refractivity contribution is 5.92. The largest absolute Gasteiger partial charge is 0.356 e. The molecule has 1 amide bonds. The normalized spacial score (nSPS) is 10.9. The molecule has 2 aromatic carbocycles. The Morgan fingerprint density at radius 1 is 1.08 bits per heavy atom. The van der Waals surface area contributed by atoms with E-state index in [0.29, 0.717) is 17.4 Å². The molecule has 0 atom stereocenters. The number of hydrogen-bond acceptors (Lipinski definition) is 3. The lowest BCUT2D eigenvalue weighted by Crippen LogP contribution is -2.14. The second-order valence-corrected chi connectivity index (χ2v) is 6.55. The smallest absolute Gasteiger partial charge is 0.230 e. The van der Waals surface area contributed by atoms with Crippen molar-refractivity contribution in [1.29, 1.82) is 0 Å². The van der Waals surface area contributed by atoms with Crippen LogP contribution >= 0.6 is 0 Å². The number of rotatable bonds is 5. The Morgan fingerprint density at radius 2 is 1.76 bits per heavy atom. The molecule has 3 aromatic rings. The summed E-state index contributed by atoms with van der Waals surface area (Å²) in [4.78, 5) is 12.2. The number of nitrogens with one attached hydrogen (secondary N) is 1. The van der Waals surface area contributed by atoms with Gasteiger partial charge in [0.2, 0.25) is 5.91 Å². The molecule has 1 aromatic heterocycles. The van der Waals surface area contributed by atoms with Gasteiger partial charge in [-0.15, -0.1) is 0 Å². The van der Waals surface area contributed by atoms with E-state index in [4.69, 9.17) is 4.52 Å². The monoisotopic (exact) mass is 334 g/mol. The molecule has 0 fully saturated rings. The van der Waals surface area contributed by atoms with E-state index in [1.54, 1.807) is 0 Å². The van der Waals surface area contributed by atoms with Crippen molar-refractivity contribution in [3.63, 3.8) is 0 Å². The van der Waals surface area contributed by atoms with E-state index in [9.17, 15) is 4.79 Å². The highest BCUT2D eigenvalue weighted by atomic mass is 16.5. The Hall–Kier alpha value is -2.88. The Kier molecular flexibility index (Phi) is 4.98. The molecule has 0 aliphatic carbocycles. The SMILES string of the molecule is Cc1ccc(-c2cc(CC(=O)Nc3ccc(C(C)C)cc3)no2)cc1. The summed E-state index contributed by atoms with van der Waals surface area (Å²) in [7, 11) is 0. The maximum absolute atomic E-state index is 12.2. The zero-order valence-electron chi connectivity index (χ0n) is 14.7. The third-order valence-corrected chi connectivity index (χ3v) is 4.10. The van der Waals surface area contributed by atoms with E-state index in [1.807, 2.05) is 61.5 Å². The molecule has 25 heavy (non-hydrogen) atoms. The molecule has 4 heteroatoms. The maximum Gasteiger partial charge on any atom is 0.230 e. The number of carbonyl (C=O) groups excluding carboxylic acids is 1. The van der Waals surface area contributed by atoms with Gasteiger partial charge in [-0.25, -0.2) is 0 Å². The lowest BCUT2D eigenvalue weighted by Gasteiger charge is -2.07. The van der Waals surface area contributed by atoms with Crippen LogP contribution in [0.1, 0.15) is 36.6 Å². The first-order valence-electron chi connectivity index (χ1n) is 8.43. The number of hydrogen-bond donors (Lipinski definition) is 1. The van der Waals surface area contributed by atoms with E-state index >= 15 is 0 Å². The molecule has 128 valence electrons. The van der Waals surface area contributed by atoms with Gasteiger partial charge in [0, 0.05) is 17.3 Å². The molecule has 4 nitrogen and oxygen atoms in total. The molecule has 0 unspecified atom stereocenters. The fraction of sp³-hybridized carbons (Fsp3) is 0.238. The Bertz CT molecular complexity index is 846. The third kappa shape index (κ3) is 4.35. The van der Waals surface area contributed by atoms with Crippen molar-refractivity contribution >= 4 is 11.6 Å². The summed E-state index contributed by atoms with van der Waals surface area (Å²) in [5.41, 5.74) is 4.79. The average Bonchev–Trinajstić information content (AvgIpc) is 3.04. The molecule has 0 aliphatic rings. The van der Waals surface area contributed by atoms with Gasteiger partial charge in [0.15, 0.2) is 5.76 Å². The van der Waals surface area contributed by atoms with Crippen LogP contribution in [-0.4, -0.2) is 11.1 Å². The number of amides is 1. The maximum atomic E-state index is 12.2. The fourth-order valence-corrected chi connectivity index (χ4v) is 2.57. The zero-order valence-corrected chi connectivity index (χ0v) is 14.7. The first-order valence-corrected chi connectivity index (χ1v) is 8.43. The Morgan fingerprint density at radius 3 is 2.40 bits per heavy atom. The summed E-state index contributed by atoms with van der Waals surface area (Å²) in [6.07, 6.45) is 0.182. The van der Waals surface area contributed by atoms with Crippen molar-refractivity contribution in [2.24, 2.45) is 0 Å². The minimum absolute atomic E-state index is 0.110. The molecule has 0 saturated carbocycles. The fourth-order valence-electron chi connectivity index (χ4n) is 2.57. The van der Waals surface area contributed by atoms with Gasteiger partial charge in [0.1, 0.15) is 0 Å².